The van der Waals surface area contributed by atoms with E-state index in [9.17, 15) is 4.79 Å². The molecule has 7 heteroatoms. The number of ether oxygens (including phenoxy) is 1. The second kappa shape index (κ2) is 10.9. The molecule has 0 bridgehead atoms. The first-order valence-corrected chi connectivity index (χ1v) is 12.2. The molecule has 2 aromatic rings. The highest BCUT2D eigenvalue weighted by Gasteiger charge is 2.24. The van der Waals surface area contributed by atoms with Crippen molar-refractivity contribution >= 4 is 34.7 Å². The summed E-state index contributed by atoms with van der Waals surface area (Å²) in [6.07, 6.45) is 3.15. The lowest BCUT2D eigenvalue weighted by molar-refractivity contribution is -0.119. The van der Waals surface area contributed by atoms with Gasteiger partial charge in [-0.1, -0.05) is 35.3 Å². The molecule has 1 atom stereocenters. The Balaban J connectivity index is 1.17. The predicted octanol–water partition coefficient (Wildman–Crippen LogP) is 4.53. The number of carbonyl (C=O) groups excluding carboxylic acids is 1. The lowest BCUT2D eigenvalue weighted by Gasteiger charge is -2.36. The van der Waals surface area contributed by atoms with Crippen molar-refractivity contribution in [1.29, 1.82) is 0 Å². The highest BCUT2D eigenvalue weighted by Crippen LogP contribution is 2.33. The summed E-state index contributed by atoms with van der Waals surface area (Å²) in [5, 5.41) is 1.25. The fourth-order valence-corrected chi connectivity index (χ4v) is 5.09. The lowest BCUT2D eigenvalue weighted by Crippen LogP contribution is -2.46. The van der Waals surface area contributed by atoms with Gasteiger partial charge in [0.25, 0.3) is 0 Å². The molecule has 0 saturated carbocycles. The normalized spacial score (nSPS) is 19.2. The van der Waals surface area contributed by atoms with Crippen LogP contribution in [0.15, 0.2) is 36.4 Å². The predicted molar refractivity (Wildman–Crippen MR) is 131 cm³/mol. The Kier molecular flexibility index (Phi) is 7.95. The van der Waals surface area contributed by atoms with E-state index in [-0.39, 0.29) is 11.7 Å². The number of Topliss-reactive ketones (excluding diaryl/α,β-unsaturated/α-hetero) is 1. The van der Waals surface area contributed by atoms with Crippen molar-refractivity contribution in [2.45, 2.75) is 31.6 Å². The minimum atomic E-state index is 0.149. The van der Waals surface area contributed by atoms with E-state index >= 15 is 0 Å². The molecule has 1 aliphatic heterocycles. The number of anilines is 1. The van der Waals surface area contributed by atoms with E-state index in [1.165, 1.54) is 5.56 Å². The summed E-state index contributed by atoms with van der Waals surface area (Å²) in [4.78, 5) is 16.8. The van der Waals surface area contributed by atoms with E-state index < -0.39 is 0 Å². The summed E-state index contributed by atoms with van der Waals surface area (Å²) in [6.45, 7) is 6.21. The number of unbranched alkanes of at least 4 members (excludes halogenated alkanes) is 1. The van der Waals surface area contributed by atoms with Crippen LogP contribution in [0.5, 0.6) is 5.75 Å². The van der Waals surface area contributed by atoms with Crippen molar-refractivity contribution in [3.63, 3.8) is 0 Å². The van der Waals surface area contributed by atoms with Gasteiger partial charge in [-0.2, -0.15) is 0 Å². The molecule has 5 nitrogen and oxygen atoms in total. The van der Waals surface area contributed by atoms with E-state index in [0.717, 1.165) is 62.6 Å². The zero-order valence-corrected chi connectivity index (χ0v) is 19.9. The number of carbonyl (C=O) groups is 1. The third kappa shape index (κ3) is 5.57. The first-order valence-electron chi connectivity index (χ1n) is 11.4. The third-order valence-electron chi connectivity index (χ3n) is 6.48. The summed E-state index contributed by atoms with van der Waals surface area (Å²) in [6, 6.07) is 11.9. The van der Waals surface area contributed by atoms with Crippen LogP contribution in [0.3, 0.4) is 0 Å². The Hall–Kier alpha value is -1.79. The van der Waals surface area contributed by atoms with Gasteiger partial charge in [0.05, 0.1) is 22.3 Å². The standard InChI is InChI=1S/C25H31Cl2N3O2/c26-23-4-3-5-24(25(23)27)30-11-9-29(10-12-30)8-1-2-13-32-21-6-7-22-18(16-21)14-20(31)15-19(22)17-28/h3-7,16,19H,1-2,8-15,17,28H2. The number of hydrogen-bond donors (Lipinski definition) is 1. The molecule has 1 unspecified atom stereocenters. The van der Waals surface area contributed by atoms with Crippen LogP contribution in [0.4, 0.5) is 5.69 Å². The summed E-state index contributed by atoms with van der Waals surface area (Å²) < 4.78 is 5.97. The minimum Gasteiger partial charge on any atom is -0.494 e. The molecule has 2 N–H and O–H groups in total. The zero-order valence-electron chi connectivity index (χ0n) is 18.4. The Bertz CT molecular complexity index is 945. The van der Waals surface area contributed by atoms with Crippen LogP contribution in [-0.2, 0) is 11.2 Å². The van der Waals surface area contributed by atoms with Crippen molar-refractivity contribution in [2.75, 3.05) is 50.8 Å². The second-order valence-corrected chi connectivity index (χ2v) is 9.46. The Morgan fingerprint density at radius 3 is 2.66 bits per heavy atom. The Labute approximate surface area is 200 Å². The van der Waals surface area contributed by atoms with Gasteiger partial charge in [-0.15, -0.1) is 0 Å². The van der Waals surface area contributed by atoms with Crippen LogP contribution in [0.2, 0.25) is 10.0 Å². The zero-order chi connectivity index (χ0) is 22.5. The number of piperazine rings is 1. The fourth-order valence-electron chi connectivity index (χ4n) is 4.68. The molecule has 1 saturated heterocycles. The average Bonchev–Trinajstić information content (AvgIpc) is 2.80. The first kappa shape index (κ1) is 23.4. The van der Waals surface area contributed by atoms with Crippen LogP contribution < -0.4 is 15.4 Å². The quantitative estimate of drug-likeness (QED) is 0.568. The van der Waals surface area contributed by atoms with E-state index in [1.54, 1.807) is 0 Å². The van der Waals surface area contributed by atoms with E-state index in [2.05, 4.69) is 15.9 Å². The molecule has 1 aliphatic carbocycles. The van der Waals surface area contributed by atoms with E-state index in [0.29, 0.717) is 36.0 Å². The first-order chi connectivity index (χ1) is 15.5. The van der Waals surface area contributed by atoms with Gasteiger partial charge in [-0.05, 0) is 61.3 Å². The molecule has 2 aliphatic rings. The number of nitrogens with zero attached hydrogens (tertiary/aromatic N) is 2. The molecular formula is C25H31Cl2N3O2. The number of fused-ring (bicyclic) bond motifs is 1. The summed E-state index contributed by atoms with van der Waals surface area (Å²) in [5.74, 6) is 1.26. The molecule has 0 radical (unpaired) electrons. The lowest BCUT2D eigenvalue weighted by atomic mass is 9.82. The van der Waals surface area contributed by atoms with Crippen LogP contribution in [-0.4, -0.2) is 56.6 Å². The van der Waals surface area contributed by atoms with Gasteiger partial charge in [0.15, 0.2) is 0 Å². The highest BCUT2D eigenvalue weighted by atomic mass is 35.5. The summed E-state index contributed by atoms with van der Waals surface area (Å²) in [5.41, 5.74) is 9.15. The van der Waals surface area contributed by atoms with Gasteiger partial charge in [0.1, 0.15) is 11.5 Å². The molecule has 0 aromatic heterocycles. The smallest absolute Gasteiger partial charge is 0.137 e. The van der Waals surface area contributed by atoms with E-state index in [1.807, 2.05) is 30.3 Å². The Morgan fingerprint density at radius 1 is 1.06 bits per heavy atom. The van der Waals surface area contributed by atoms with Crippen molar-refractivity contribution in [3.8, 4) is 5.75 Å². The second-order valence-electron chi connectivity index (χ2n) is 8.67. The van der Waals surface area contributed by atoms with Gasteiger partial charge in [0.2, 0.25) is 0 Å². The molecule has 0 spiro atoms. The fraction of sp³-hybridized carbons (Fsp3) is 0.480. The van der Waals surface area contributed by atoms with Gasteiger partial charge < -0.3 is 15.4 Å². The molecule has 1 fully saturated rings. The maximum Gasteiger partial charge on any atom is 0.137 e. The van der Waals surface area contributed by atoms with Gasteiger partial charge in [-0.25, -0.2) is 0 Å². The van der Waals surface area contributed by atoms with Gasteiger partial charge >= 0.3 is 0 Å². The molecular weight excluding hydrogens is 445 g/mol. The molecule has 4 rings (SSSR count). The average molecular weight is 476 g/mol. The molecule has 172 valence electrons. The summed E-state index contributed by atoms with van der Waals surface area (Å²) >= 11 is 12.5. The largest absolute Gasteiger partial charge is 0.494 e. The topological polar surface area (TPSA) is 58.8 Å². The van der Waals surface area contributed by atoms with Crippen LogP contribution in [0, 0.1) is 0 Å². The molecule has 2 aromatic carbocycles. The number of benzene rings is 2. The number of halogens is 2. The molecule has 1 heterocycles. The monoisotopic (exact) mass is 475 g/mol. The van der Waals surface area contributed by atoms with Crippen molar-refractivity contribution < 1.29 is 9.53 Å². The van der Waals surface area contributed by atoms with Gasteiger partial charge in [-0.3, -0.25) is 9.69 Å². The summed E-state index contributed by atoms with van der Waals surface area (Å²) in [7, 11) is 0. The minimum absolute atomic E-state index is 0.149. The van der Waals surface area contributed by atoms with Crippen LogP contribution in [0.25, 0.3) is 0 Å². The maximum absolute atomic E-state index is 12.0. The van der Waals surface area contributed by atoms with Crippen LogP contribution >= 0.6 is 23.2 Å². The number of nitrogens with two attached hydrogens (primary N) is 1. The third-order valence-corrected chi connectivity index (χ3v) is 7.29. The number of rotatable bonds is 8. The van der Waals surface area contributed by atoms with Crippen molar-refractivity contribution in [2.24, 2.45) is 5.73 Å². The van der Waals surface area contributed by atoms with Crippen molar-refractivity contribution in [1.82, 2.24) is 4.90 Å². The Morgan fingerprint density at radius 2 is 1.88 bits per heavy atom. The maximum atomic E-state index is 12.0. The number of ketones is 1. The SMILES string of the molecule is NCC1CC(=O)Cc2cc(OCCCCN3CCN(c4cccc(Cl)c4Cl)CC3)ccc21. The van der Waals surface area contributed by atoms with E-state index in [4.69, 9.17) is 33.7 Å². The van der Waals surface area contributed by atoms with Gasteiger partial charge in [0, 0.05) is 44.9 Å². The van der Waals surface area contributed by atoms with Crippen LogP contribution in [0.1, 0.15) is 36.3 Å². The van der Waals surface area contributed by atoms with Crippen molar-refractivity contribution in [3.05, 3.63) is 57.6 Å². The number of hydrogen-bond acceptors (Lipinski definition) is 5. The molecule has 32 heavy (non-hydrogen) atoms. The highest BCUT2D eigenvalue weighted by molar-refractivity contribution is 6.43. The molecule has 0 amide bonds.